The largest absolute Gasteiger partial charge is 0.417 e. The smallest absolute Gasteiger partial charge is 0.322 e. The van der Waals surface area contributed by atoms with Gasteiger partial charge in [0.1, 0.15) is 5.82 Å². The Bertz CT molecular complexity index is 973. The van der Waals surface area contributed by atoms with Gasteiger partial charge in [0.2, 0.25) is 0 Å². The quantitative estimate of drug-likeness (QED) is 0.624. The predicted molar refractivity (Wildman–Crippen MR) is 86.1 cm³/mol. The molecule has 1 heterocycles. The van der Waals surface area contributed by atoms with Crippen LogP contribution in [0.2, 0.25) is 5.02 Å². The molecular formula is C17H9ClF4N2O. The second-order valence-electron chi connectivity index (χ2n) is 5.14. The fourth-order valence-corrected chi connectivity index (χ4v) is 2.51. The van der Waals surface area contributed by atoms with Crippen LogP contribution in [0.4, 0.5) is 23.2 Å². The zero-order chi connectivity index (χ0) is 18.2. The van der Waals surface area contributed by atoms with Crippen LogP contribution in [0.3, 0.4) is 0 Å². The van der Waals surface area contributed by atoms with Crippen LogP contribution in [0.1, 0.15) is 15.9 Å². The monoisotopic (exact) mass is 368 g/mol. The summed E-state index contributed by atoms with van der Waals surface area (Å²) in [4.78, 5) is 16.2. The molecule has 0 aliphatic rings. The number of aromatic nitrogens is 1. The SMILES string of the molecule is O=C(Nc1ccc(Cl)c(F)c1)c1cnc2ccccc2c1C(F)(F)F. The number of amides is 1. The lowest BCUT2D eigenvalue weighted by atomic mass is 10.0. The average Bonchev–Trinajstić information content (AvgIpc) is 2.56. The minimum Gasteiger partial charge on any atom is -0.322 e. The number of alkyl halides is 3. The van der Waals surface area contributed by atoms with Crippen molar-refractivity contribution in [1.82, 2.24) is 4.98 Å². The van der Waals surface area contributed by atoms with Gasteiger partial charge >= 0.3 is 6.18 Å². The topological polar surface area (TPSA) is 42.0 Å². The van der Waals surface area contributed by atoms with Gasteiger partial charge in [-0.1, -0.05) is 29.8 Å². The molecule has 2 aromatic carbocycles. The molecule has 0 aliphatic carbocycles. The standard InChI is InChI=1S/C17H9ClF4N2O/c18-12-6-5-9(7-13(12)19)24-16(25)11-8-23-14-4-2-1-3-10(14)15(11)17(20,21)22/h1-8H,(H,24,25). The van der Waals surface area contributed by atoms with E-state index in [4.69, 9.17) is 11.6 Å². The lowest BCUT2D eigenvalue weighted by Crippen LogP contribution is -2.19. The van der Waals surface area contributed by atoms with Gasteiger partial charge in [0.15, 0.2) is 0 Å². The highest BCUT2D eigenvalue weighted by Gasteiger charge is 2.37. The summed E-state index contributed by atoms with van der Waals surface area (Å²) in [6.45, 7) is 0. The molecule has 128 valence electrons. The highest BCUT2D eigenvalue weighted by molar-refractivity contribution is 6.30. The van der Waals surface area contributed by atoms with Gasteiger partial charge in [-0.3, -0.25) is 9.78 Å². The third kappa shape index (κ3) is 3.41. The molecule has 3 nitrogen and oxygen atoms in total. The predicted octanol–water partition coefficient (Wildman–Crippen LogP) is 5.30. The van der Waals surface area contributed by atoms with E-state index in [9.17, 15) is 22.4 Å². The van der Waals surface area contributed by atoms with E-state index in [-0.39, 0.29) is 21.6 Å². The molecule has 0 spiro atoms. The van der Waals surface area contributed by atoms with Crippen LogP contribution in [-0.4, -0.2) is 10.9 Å². The van der Waals surface area contributed by atoms with Crippen molar-refractivity contribution in [2.75, 3.05) is 5.32 Å². The van der Waals surface area contributed by atoms with Crippen molar-refractivity contribution >= 4 is 34.1 Å². The van der Waals surface area contributed by atoms with E-state index in [0.717, 1.165) is 12.3 Å². The molecule has 0 bridgehead atoms. The molecule has 3 aromatic rings. The summed E-state index contributed by atoms with van der Waals surface area (Å²) < 4.78 is 54.0. The van der Waals surface area contributed by atoms with Crippen LogP contribution < -0.4 is 5.32 Å². The summed E-state index contributed by atoms with van der Waals surface area (Å²) in [7, 11) is 0. The summed E-state index contributed by atoms with van der Waals surface area (Å²) in [5, 5.41) is 1.87. The first kappa shape index (κ1) is 17.2. The number of hydrogen-bond donors (Lipinski definition) is 1. The third-order valence-electron chi connectivity index (χ3n) is 3.48. The summed E-state index contributed by atoms with van der Waals surface area (Å²) in [5.41, 5.74) is -1.65. The van der Waals surface area contributed by atoms with Gasteiger partial charge in [0.05, 0.1) is 21.7 Å². The van der Waals surface area contributed by atoms with Crippen molar-refractivity contribution in [3.8, 4) is 0 Å². The van der Waals surface area contributed by atoms with Crippen molar-refractivity contribution in [1.29, 1.82) is 0 Å². The highest BCUT2D eigenvalue weighted by Crippen LogP contribution is 2.37. The number of nitrogens with zero attached hydrogens (tertiary/aromatic N) is 1. The normalized spacial score (nSPS) is 11.6. The van der Waals surface area contributed by atoms with Crippen molar-refractivity contribution in [3.63, 3.8) is 0 Å². The number of pyridine rings is 1. The van der Waals surface area contributed by atoms with E-state index in [0.29, 0.717) is 0 Å². The molecule has 0 saturated heterocycles. The van der Waals surface area contributed by atoms with E-state index >= 15 is 0 Å². The van der Waals surface area contributed by atoms with Gasteiger partial charge in [-0.05, 0) is 24.3 Å². The summed E-state index contributed by atoms with van der Waals surface area (Å²) in [5.74, 6) is -1.85. The number of anilines is 1. The number of carbonyl (C=O) groups excluding carboxylic acids is 1. The molecule has 3 rings (SSSR count). The minimum atomic E-state index is -4.76. The Hall–Kier alpha value is -2.67. The number of rotatable bonds is 2. The van der Waals surface area contributed by atoms with Gasteiger partial charge in [-0.15, -0.1) is 0 Å². The maximum Gasteiger partial charge on any atom is 0.417 e. The van der Waals surface area contributed by atoms with Crippen LogP contribution in [0.25, 0.3) is 10.9 Å². The summed E-state index contributed by atoms with van der Waals surface area (Å²) >= 11 is 5.54. The third-order valence-corrected chi connectivity index (χ3v) is 3.79. The van der Waals surface area contributed by atoms with Gasteiger partial charge in [0, 0.05) is 17.3 Å². The molecule has 8 heteroatoms. The van der Waals surface area contributed by atoms with Gasteiger partial charge in [-0.25, -0.2) is 4.39 Å². The number of halogens is 5. The fraction of sp³-hybridized carbons (Fsp3) is 0.0588. The maximum atomic E-state index is 13.5. The molecule has 1 amide bonds. The molecule has 0 aliphatic heterocycles. The lowest BCUT2D eigenvalue weighted by Gasteiger charge is -2.15. The Labute approximate surface area is 144 Å². The van der Waals surface area contributed by atoms with Crippen LogP contribution in [0, 0.1) is 5.82 Å². The summed E-state index contributed by atoms with van der Waals surface area (Å²) in [6, 6.07) is 9.02. The van der Waals surface area contributed by atoms with E-state index in [2.05, 4.69) is 10.3 Å². The average molecular weight is 369 g/mol. The van der Waals surface area contributed by atoms with E-state index in [1.165, 1.54) is 30.3 Å². The Morgan fingerprint density at radius 2 is 1.84 bits per heavy atom. The second-order valence-corrected chi connectivity index (χ2v) is 5.55. The number of fused-ring (bicyclic) bond motifs is 1. The number of carbonyl (C=O) groups is 1. The number of hydrogen-bond acceptors (Lipinski definition) is 2. The number of para-hydroxylation sites is 1. The second kappa shape index (κ2) is 6.33. The first-order valence-electron chi connectivity index (χ1n) is 6.98. The highest BCUT2D eigenvalue weighted by atomic mass is 35.5. The number of nitrogens with one attached hydrogen (secondary N) is 1. The molecule has 1 aromatic heterocycles. The first-order chi connectivity index (χ1) is 11.8. The van der Waals surface area contributed by atoms with E-state index in [1.54, 1.807) is 6.07 Å². The first-order valence-corrected chi connectivity index (χ1v) is 7.36. The molecule has 0 radical (unpaired) electrons. The Kier molecular flexibility index (Phi) is 4.34. The Morgan fingerprint density at radius 1 is 1.12 bits per heavy atom. The van der Waals surface area contributed by atoms with Crippen LogP contribution >= 0.6 is 11.6 Å². The van der Waals surface area contributed by atoms with Crippen LogP contribution in [0.15, 0.2) is 48.7 Å². The number of benzene rings is 2. The van der Waals surface area contributed by atoms with Crippen molar-refractivity contribution in [2.24, 2.45) is 0 Å². The Balaban J connectivity index is 2.08. The van der Waals surface area contributed by atoms with Gasteiger partial charge in [-0.2, -0.15) is 13.2 Å². The van der Waals surface area contributed by atoms with Gasteiger partial charge in [0.25, 0.3) is 5.91 Å². The van der Waals surface area contributed by atoms with E-state index < -0.39 is 29.0 Å². The molecule has 0 unspecified atom stereocenters. The van der Waals surface area contributed by atoms with Crippen molar-refractivity contribution < 1.29 is 22.4 Å². The van der Waals surface area contributed by atoms with Crippen LogP contribution in [0.5, 0.6) is 0 Å². The minimum absolute atomic E-state index is 0.0202. The van der Waals surface area contributed by atoms with Crippen molar-refractivity contribution in [2.45, 2.75) is 6.18 Å². The molecule has 0 atom stereocenters. The summed E-state index contributed by atoms with van der Waals surface area (Å²) in [6.07, 6.45) is -3.91. The van der Waals surface area contributed by atoms with Crippen LogP contribution in [-0.2, 0) is 6.18 Å². The molecular weight excluding hydrogens is 360 g/mol. The van der Waals surface area contributed by atoms with E-state index in [1.807, 2.05) is 0 Å². The zero-order valence-electron chi connectivity index (χ0n) is 12.4. The Morgan fingerprint density at radius 3 is 2.52 bits per heavy atom. The zero-order valence-corrected chi connectivity index (χ0v) is 13.1. The molecule has 0 fully saturated rings. The molecule has 0 saturated carbocycles. The molecule has 25 heavy (non-hydrogen) atoms. The van der Waals surface area contributed by atoms with Crippen molar-refractivity contribution in [3.05, 3.63) is 70.6 Å². The fourth-order valence-electron chi connectivity index (χ4n) is 2.39. The maximum absolute atomic E-state index is 13.5. The van der Waals surface area contributed by atoms with Gasteiger partial charge < -0.3 is 5.32 Å². The molecule has 1 N–H and O–H groups in total. The lowest BCUT2D eigenvalue weighted by molar-refractivity contribution is -0.136.